The minimum atomic E-state index is 0. The summed E-state index contributed by atoms with van der Waals surface area (Å²) in [6, 6.07) is 19.3. The van der Waals surface area contributed by atoms with Crippen molar-refractivity contribution in [2.24, 2.45) is 4.99 Å². The molecule has 33 heavy (non-hydrogen) atoms. The number of rotatable bonds is 11. The van der Waals surface area contributed by atoms with Crippen LogP contribution in [0.3, 0.4) is 0 Å². The van der Waals surface area contributed by atoms with Crippen molar-refractivity contribution >= 4 is 29.9 Å². The van der Waals surface area contributed by atoms with E-state index in [4.69, 9.17) is 9.73 Å². The molecule has 0 atom stereocenters. The van der Waals surface area contributed by atoms with Crippen molar-refractivity contribution in [3.8, 4) is 0 Å². The summed E-state index contributed by atoms with van der Waals surface area (Å²) >= 11 is 0. The number of hydrogen-bond acceptors (Lipinski definition) is 4. The first kappa shape index (κ1) is 27.6. The Morgan fingerprint density at radius 2 is 1.70 bits per heavy atom. The molecule has 2 N–H and O–H groups in total. The predicted molar refractivity (Wildman–Crippen MR) is 148 cm³/mol. The highest BCUT2D eigenvalue weighted by atomic mass is 127. The molecule has 6 nitrogen and oxygen atoms in total. The normalized spacial score (nSPS) is 14.7. The van der Waals surface area contributed by atoms with Crippen LogP contribution in [0.5, 0.6) is 0 Å². The van der Waals surface area contributed by atoms with E-state index in [1.165, 1.54) is 16.7 Å². The van der Waals surface area contributed by atoms with Crippen LogP contribution in [0.4, 0.5) is 0 Å². The summed E-state index contributed by atoms with van der Waals surface area (Å²) in [5, 5.41) is 6.88. The summed E-state index contributed by atoms with van der Waals surface area (Å²) < 4.78 is 5.48. The lowest BCUT2D eigenvalue weighted by Gasteiger charge is -2.27. The highest BCUT2D eigenvalue weighted by Crippen LogP contribution is 2.14. The van der Waals surface area contributed by atoms with Gasteiger partial charge in [0.15, 0.2) is 5.96 Å². The van der Waals surface area contributed by atoms with Gasteiger partial charge in [0.05, 0.1) is 19.8 Å². The minimum absolute atomic E-state index is 0. The summed E-state index contributed by atoms with van der Waals surface area (Å²) in [6.45, 7) is 11.2. The highest BCUT2D eigenvalue weighted by molar-refractivity contribution is 14.0. The van der Waals surface area contributed by atoms with Crippen LogP contribution in [0.15, 0.2) is 59.6 Å². The Morgan fingerprint density at radius 3 is 2.42 bits per heavy atom. The van der Waals surface area contributed by atoms with Crippen LogP contribution in [-0.2, 0) is 24.4 Å². The molecule has 7 heteroatoms. The number of hydrogen-bond donors (Lipinski definition) is 2. The molecule has 0 saturated carbocycles. The number of aliphatic imine (C=N–C) groups is 1. The number of morpholine rings is 1. The van der Waals surface area contributed by atoms with Crippen LogP contribution in [0, 0.1) is 0 Å². The fourth-order valence-corrected chi connectivity index (χ4v) is 3.90. The van der Waals surface area contributed by atoms with Gasteiger partial charge in [0.2, 0.25) is 0 Å². The molecular weight excluding hydrogens is 525 g/mol. The summed E-state index contributed by atoms with van der Waals surface area (Å²) in [4.78, 5) is 9.68. The van der Waals surface area contributed by atoms with Gasteiger partial charge in [0.1, 0.15) is 0 Å². The summed E-state index contributed by atoms with van der Waals surface area (Å²) in [7, 11) is 2.18. The van der Waals surface area contributed by atoms with Gasteiger partial charge in [-0.1, -0.05) is 54.6 Å². The van der Waals surface area contributed by atoms with Crippen molar-refractivity contribution in [3.63, 3.8) is 0 Å². The van der Waals surface area contributed by atoms with Crippen LogP contribution < -0.4 is 10.6 Å². The molecule has 0 radical (unpaired) electrons. The molecule has 1 fully saturated rings. The van der Waals surface area contributed by atoms with E-state index < -0.39 is 0 Å². The smallest absolute Gasteiger partial charge is 0.191 e. The maximum Gasteiger partial charge on any atom is 0.191 e. The number of nitrogens with one attached hydrogen (secondary N) is 2. The fraction of sp³-hybridized carbons (Fsp3) is 0.500. The van der Waals surface area contributed by atoms with Crippen LogP contribution in [0.25, 0.3) is 0 Å². The number of guanidine groups is 1. The van der Waals surface area contributed by atoms with Gasteiger partial charge in [0.25, 0.3) is 0 Å². The van der Waals surface area contributed by atoms with Crippen LogP contribution in [0.2, 0.25) is 0 Å². The molecule has 1 aliphatic rings. The van der Waals surface area contributed by atoms with Crippen molar-refractivity contribution < 1.29 is 4.74 Å². The molecule has 182 valence electrons. The lowest BCUT2D eigenvalue weighted by Crippen LogP contribution is -2.38. The van der Waals surface area contributed by atoms with Crippen molar-refractivity contribution in [1.29, 1.82) is 0 Å². The third kappa shape index (κ3) is 10.4. The average molecular weight is 566 g/mol. The third-order valence-electron chi connectivity index (χ3n) is 5.67. The van der Waals surface area contributed by atoms with Gasteiger partial charge >= 0.3 is 0 Å². The van der Waals surface area contributed by atoms with Crippen molar-refractivity contribution in [1.82, 2.24) is 20.4 Å². The fourth-order valence-electron chi connectivity index (χ4n) is 3.90. The van der Waals surface area contributed by atoms with Gasteiger partial charge in [-0.3, -0.25) is 4.90 Å². The summed E-state index contributed by atoms with van der Waals surface area (Å²) in [6.07, 6.45) is 1.07. The first-order valence-corrected chi connectivity index (χ1v) is 11.9. The van der Waals surface area contributed by atoms with Crippen molar-refractivity contribution in [3.05, 3.63) is 71.3 Å². The molecular formula is C26H40IN5O. The Balaban J connectivity index is 0.00000385. The van der Waals surface area contributed by atoms with Gasteiger partial charge in [-0.15, -0.1) is 24.0 Å². The second-order valence-electron chi connectivity index (χ2n) is 8.36. The van der Waals surface area contributed by atoms with Crippen LogP contribution in [-0.4, -0.2) is 68.7 Å². The van der Waals surface area contributed by atoms with E-state index in [-0.39, 0.29) is 24.0 Å². The van der Waals surface area contributed by atoms with Gasteiger partial charge in [-0.25, -0.2) is 4.99 Å². The SMILES string of the molecule is CCNC(=NCc1ccccc1CN1CCOCC1)NCCCN(C)Cc1ccccc1.I. The molecule has 0 aromatic heterocycles. The molecule has 3 rings (SSSR count). The van der Waals surface area contributed by atoms with E-state index in [2.05, 4.69) is 89.0 Å². The Bertz CT molecular complexity index is 811. The summed E-state index contributed by atoms with van der Waals surface area (Å²) in [5.74, 6) is 0.888. The first-order valence-electron chi connectivity index (χ1n) is 11.9. The van der Waals surface area contributed by atoms with E-state index in [1.807, 2.05) is 0 Å². The molecule has 2 aromatic rings. The predicted octanol–water partition coefficient (Wildman–Crippen LogP) is 3.71. The zero-order valence-corrected chi connectivity index (χ0v) is 22.5. The van der Waals surface area contributed by atoms with Crippen molar-refractivity contribution in [2.75, 3.05) is 53.0 Å². The zero-order chi connectivity index (χ0) is 22.4. The molecule has 0 amide bonds. The average Bonchev–Trinajstić information content (AvgIpc) is 2.82. The van der Waals surface area contributed by atoms with Crippen molar-refractivity contribution in [2.45, 2.75) is 33.0 Å². The number of nitrogens with zero attached hydrogens (tertiary/aromatic N) is 3. The minimum Gasteiger partial charge on any atom is -0.379 e. The Labute approximate surface area is 216 Å². The zero-order valence-electron chi connectivity index (χ0n) is 20.1. The largest absolute Gasteiger partial charge is 0.379 e. The summed E-state index contributed by atoms with van der Waals surface area (Å²) in [5.41, 5.74) is 4.00. The molecule has 0 aliphatic carbocycles. The van der Waals surface area contributed by atoms with E-state index in [0.717, 1.165) is 71.4 Å². The van der Waals surface area contributed by atoms with Crippen LogP contribution >= 0.6 is 24.0 Å². The molecule has 0 bridgehead atoms. The molecule has 1 saturated heterocycles. The number of benzene rings is 2. The van der Waals surface area contributed by atoms with Gasteiger partial charge < -0.3 is 20.3 Å². The second kappa shape index (κ2) is 16.0. The first-order chi connectivity index (χ1) is 15.7. The van der Waals surface area contributed by atoms with E-state index in [9.17, 15) is 0 Å². The highest BCUT2D eigenvalue weighted by Gasteiger charge is 2.12. The lowest BCUT2D eigenvalue weighted by atomic mass is 10.1. The van der Waals surface area contributed by atoms with Gasteiger partial charge in [0, 0.05) is 39.3 Å². The maximum atomic E-state index is 5.48. The van der Waals surface area contributed by atoms with E-state index in [1.54, 1.807) is 0 Å². The molecule has 2 aromatic carbocycles. The Hall–Kier alpha value is -1.68. The molecule has 0 unspecified atom stereocenters. The number of halogens is 1. The molecule has 0 spiro atoms. The molecule has 1 heterocycles. The Kier molecular flexibility index (Phi) is 13.4. The lowest BCUT2D eigenvalue weighted by molar-refractivity contribution is 0.0341. The molecule has 1 aliphatic heterocycles. The topological polar surface area (TPSA) is 52.1 Å². The number of ether oxygens (including phenoxy) is 1. The van der Waals surface area contributed by atoms with Gasteiger partial charge in [-0.2, -0.15) is 0 Å². The second-order valence-corrected chi connectivity index (χ2v) is 8.36. The maximum absolute atomic E-state index is 5.48. The van der Waals surface area contributed by atoms with Gasteiger partial charge in [-0.05, 0) is 43.6 Å². The third-order valence-corrected chi connectivity index (χ3v) is 5.67. The van der Waals surface area contributed by atoms with Crippen LogP contribution in [0.1, 0.15) is 30.0 Å². The monoisotopic (exact) mass is 565 g/mol. The standard InChI is InChI=1S/C26H39N5O.HI/c1-3-27-26(28-14-9-15-30(2)21-23-10-5-4-6-11-23)29-20-24-12-7-8-13-25(24)22-31-16-18-32-19-17-31;/h4-8,10-13H,3,9,14-22H2,1-2H3,(H2,27,28,29);1H. The Morgan fingerprint density at radius 1 is 1.00 bits per heavy atom. The van der Waals surface area contributed by atoms with E-state index in [0.29, 0.717) is 6.54 Å². The quantitative estimate of drug-likeness (QED) is 0.188. The van der Waals surface area contributed by atoms with E-state index >= 15 is 0 Å².